The lowest BCUT2D eigenvalue weighted by Crippen LogP contribution is -2.16. The molecule has 3 aromatic rings. The van der Waals surface area contributed by atoms with Crippen molar-refractivity contribution >= 4 is 23.6 Å². The van der Waals surface area contributed by atoms with E-state index in [0.29, 0.717) is 0 Å². The third-order valence-electron chi connectivity index (χ3n) is 4.46. The number of hydrogen-bond acceptors (Lipinski definition) is 3. The molecule has 3 aromatic carbocycles. The number of carbonyl (C=O) groups excluding carboxylic acids is 1. The summed E-state index contributed by atoms with van der Waals surface area (Å²) in [6, 6.07) is 25.8. The summed E-state index contributed by atoms with van der Waals surface area (Å²) in [5.41, 5.74) is 3.73. The molecule has 2 nitrogen and oxygen atoms in total. The molecule has 0 aliphatic carbocycles. The number of ketones is 1. The summed E-state index contributed by atoms with van der Waals surface area (Å²) in [6.45, 7) is 0. The fourth-order valence-electron chi connectivity index (χ4n) is 3.12. The van der Waals surface area contributed by atoms with Crippen LogP contribution in [0.3, 0.4) is 0 Å². The van der Waals surface area contributed by atoms with Crippen molar-refractivity contribution in [1.82, 2.24) is 0 Å². The third-order valence-corrected chi connectivity index (χ3v) is 5.83. The number of fused-ring (bicyclic) bond motifs is 1. The largest absolute Gasteiger partial charge is 0.497 e. The van der Waals surface area contributed by atoms with E-state index >= 15 is 0 Å². The van der Waals surface area contributed by atoms with Gasteiger partial charge in [-0.3, -0.25) is 4.79 Å². The fourth-order valence-corrected chi connectivity index (χ4v) is 4.41. The predicted octanol–water partition coefficient (Wildman–Crippen LogP) is 5.81. The topological polar surface area (TPSA) is 26.3 Å². The van der Waals surface area contributed by atoms with Gasteiger partial charge in [-0.15, -0.1) is 11.8 Å². The van der Waals surface area contributed by atoms with Gasteiger partial charge in [0.05, 0.1) is 12.4 Å². The van der Waals surface area contributed by atoms with Gasteiger partial charge < -0.3 is 4.74 Å². The van der Waals surface area contributed by atoms with Gasteiger partial charge in [0.15, 0.2) is 5.78 Å². The Hall–Kier alpha value is -2.78. The zero-order valence-corrected chi connectivity index (χ0v) is 15.2. The molecule has 1 aliphatic heterocycles. The average molecular weight is 358 g/mol. The highest BCUT2D eigenvalue weighted by Gasteiger charge is 2.31. The molecular weight excluding hydrogens is 340 g/mol. The van der Waals surface area contributed by atoms with Crippen LogP contribution < -0.4 is 4.74 Å². The monoisotopic (exact) mass is 358 g/mol. The van der Waals surface area contributed by atoms with E-state index in [1.165, 1.54) is 0 Å². The SMILES string of the molecule is COc1ccc(C2Sc3ccccc3C(=O)/C2=C\c2ccccc2)cc1. The van der Waals surface area contributed by atoms with E-state index in [-0.39, 0.29) is 11.0 Å². The van der Waals surface area contributed by atoms with Crippen LogP contribution in [-0.2, 0) is 0 Å². The Balaban J connectivity index is 1.83. The molecule has 1 atom stereocenters. The van der Waals surface area contributed by atoms with Crippen LogP contribution in [0.5, 0.6) is 5.75 Å². The van der Waals surface area contributed by atoms with Crippen molar-refractivity contribution in [3.05, 3.63) is 101 Å². The Kier molecular flexibility index (Phi) is 4.63. The van der Waals surface area contributed by atoms with E-state index in [0.717, 1.165) is 32.9 Å². The minimum Gasteiger partial charge on any atom is -0.497 e. The summed E-state index contributed by atoms with van der Waals surface area (Å²) in [5.74, 6) is 0.916. The molecule has 26 heavy (non-hydrogen) atoms. The molecular formula is C23H18O2S. The summed E-state index contributed by atoms with van der Waals surface area (Å²) >= 11 is 1.72. The number of methoxy groups -OCH3 is 1. The van der Waals surface area contributed by atoms with Gasteiger partial charge in [-0.2, -0.15) is 0 Å². The number of Topliss-reactive ketones (excluding diaryl/α,β-unsaturated/α-hetero) is 1. The summed E-state index contributed by atoms with van der Waals surface area (Å²) < 4.78 is 5.27. The first-order chi connectivity index (χ1) is 12.8. The normalized spacial score (nSPS) is 17.8. The maximum Gasteiger partial charge on any atom is 0.191 e. The van der Waals surface area contributed by atoms with Crippen LogP contribution in [0.1, 0.15) is 26.7 Å². The van der Waals surface area contributed by atoms with Crippen molar-refractivity contribution in [1.29, 1.82) is 0 Å². The van der Waals surface area contributed by atoms with Crippen LogP contribution in [0.15, 0.2) is 89.3 Å². The van der Waals surface area contributed by atoms with Gasteiger partial charge in [-0.05, 0) is 41.5 Å². The number of thioether (sulfide) groups is 1. The zero-order valence-electron chi connectivity index (χ0n) is 14.4. The summed E-state index contributed by atoms with van der Waals surface area (Å²) in [6.07, 6.45) is 2.01. The molecule has 3 heteroatoms. The van der Waals surface area contributed by atoms with Crippen LogP contribution in [0, 0.1) is 0 Å². The van der Waals surface area contributed by atoms with Gasteiger partial charge in [-0.1, -0.05) is 54.6 Å². The Morgan fingerprint density at radius 2 is 1.58 bits per heavy atom. The molecule has 1 heterocycles. The molecule has 0 aromatic heterocycles. The number of ether oxygens (including phenoxy) is 1. The number of hydrogen-bond donors (Lipinski definition) is 0. The van der Waals surface area contributed by atoms with Crippen LogP contribution in [-0.4, -0.2) is 12.9 Å². The Morgan fingerprint density at radius 3 is 2.31 bits per heavy atom. The van der Waals surface area contributed by atoms with E-state index < -0.39 is 0 Å². The molecule has 0 amide bonds. The lowest BCUT2D eigenvalue weighted by molar-refractivity contribution is 0.102. The summed E-state index contributed by atoms with van der Waals surface area (Å²) in [7, 11) is 1.66. The summed E-state index contributed by atoms with van der Waals surface area (Å²) in [5, 5.41) is -0.0384. The fraction of sp³-hybridized carbons (Fsp3) is 0.0870. The minimum atomic E-state index is -0.0384. The van der Waals surface area contributed by atoms with Crippen molar-refractivity contribution in [2.24, 2.45) is 0 Å². The van der Waals surface area contributed by atoms with Crippen molar-refractivity contribution in [3.8, 4) is 5.75 Å². The van der Waals surface area contributed by atoms with Gasteiger partial charge in [0.25, 0.3) is 0 Å². The smallest absolute Gasteiger partial charge is 0.191 e. The van der Waals surface area contributed by atoms with E-state index in [9.17, 15) is 4.79 Å². The van der Waals surface area contributed by atoms with Gasteiger partial charge in [-0.25, -0.2) is 0 Å². The molecule has 0 fully saturated rings. The maximum absolute atomic E-state index is 13.2. The minimum absolute atomic E-state index is 0.0384. The van der Waals surface area contributed by atoms with Crippen molar-refractivity contribution in [2.75, 3.05) is 7.11 Å². The Bertz CT molecular complexity index is 959. The Morgan fingerprint density at radius 1 is 0.885 bits per heavy atom. The maximum atomic E-state index is 13.2. The highest BCUT2D eigenvalue weighted by Crippen LogP contribution is 2.48. The van der Waals surface area contributed by atoms with E-state index in [1.54, 1.807) is 18.9 Å². The molecule has 4 rings (SSSR count). The molecule has 0 N–H and O–H groups in total. The first-order valence-electron chi connectivity index (χ1n) is 8.47. The van der Waals surface area contributed by atoms with Crippen LogP contribution in [0.4, 0.5) is 0 Å². The van der Waals surface area contributed by atoms with Gasteiger partial charge >= 0.3 is 0 Å². The van der Waals surface area contributed by atoms with Crippen LogP contribution in [0.25, 0.3) is 6.08 Å². The first-order valence-corrected chi connectivity index (χ1v) is 9.35. The van der Waals surface area contributed by atoms with Crippen molar-refractivity contribution in [2.45, 2.75) is 10.1 Å². The molecule has 0 saturated heterocycles. The van der Waals surface area contributed by atoms with E-state index in [1.807, 2.05) is 84.9 Å². The molecule has 0 bridgehead atoms. The number of rotatable bonds is 3. The standard InChI is InChI=1S/C23H18O2S/c1-25-18-13-11-17(12-14-18)23-20(15-16-7-3-2-4-8-16)22(24)19-9-5-6-10-21(19)26-23/h2-15,23H,1H3/b20-15+. The highest BCUT2D eigenvalue weighted by molar-refractivity contribution is 8.00. The van der Waals surface area contributed by atoms with Crippen molar-refractivity contribution < 1.29 is 9.53 Å². The molecule has 0 saturated carbocycles. The molecule has 0 spiro atoms. The van der Waals surface area contributed by atoms with E-state index in [4.69, 9.17) is 4.74 Å². The second kappa shape index (κ2) is 7.22. The second-order valence-corrected chi connectivity index (χ2v) is 7.25. The number of carbonyl (C=O) groups is 1. The van der Waals surface area contributed by atoms with Gasteiger partial charge in [0.2, 0.25) is 0 Å². The van der Waals surface area contributed by atoms with Gasteiger partial charge in [0.1, 0.15) is 5.75 Å². The zero-order chi connectivity index (χ0) is 17.9. The molecule has 0 radical (unpaired) electrons. The van der Waals surface area contributed by atoms with Crippen LogP contribution in [0.2, 0.25) is 0 Å². The lowest BCUT2D eigenvalue weighted by atomic mass is 9.94. The predicted molar refractivity (Wildman–Crippen MR) is 107 cm³/mol. The average Bonchev–Trinajstić information content (AvgIpc) is 2.71. The van der Waals surface area contributed by atoms with Gasteiger partial charge in [0, 0.05) is 16.0 Å². The highest BCUT2D eigenvalue weighted by atomic mass is 32.2. The van der Waals surface area contributed by atoms with Crippen molar-refractivity contribution in [3.63, 3.8) is 0 Å². The summed E-state index contributed by atoms with van der Waals surface area (Å²) in [4.78, 5) is 14.3. The Labute approximate surface area is 157 Å². The van der Waals surface area contributed by atoms with E-state index in [2.05, 4.69) is 0 Å². The van der Waals surface area contributed by atoms with Crippen LogP contribution >= 0.6 is 11.8 Å². The second-order valence-electron chi connectivity index (χ2n) is 6.11. The molecule has 1 unspecified atom stereocenters. The third kappa shape index (κ3) is 3.18. The molecule has 128 valence electrons. The first kappa shape index (κ1) is 16.7. The lowest BCUT2D eigenvalue weighted by Gasteiger charge is -2.26. The number of benzene rings is 3. The molecule has 1 aliphatic rings. The quantitative estimate of drug-likeness (QED) is 0.553.